The van der Waals surface area contributed by atoms with Crippen molar-refractivity contribution >= 4 is 11.8 Å². The van der Waals surface area contributed by atoms with E-state index >= 15 is 0 Å². The second-order valence-corrected chi connectivity index (χ2v) is 6.74. The Morgan fingerprint density at radius 3 is 2.52 bits per heavy atom. The zero-order valence-corrected chi connectivity index (χ0v) is 12.6. The van der Waals surface area contributed by atoms with Gasteiger partial charge in [0.2, 0.25) is 5.91 Å². The predicted molar refractivity (Wildman–Crippen MR) is 74.4 cm³/mol. The van der Waals surface area contributed by atoms with Gasteiger partial charge >= 0.3 is 0 Å². The molecule has 21 heavy (non-hydrogen) atoms. The van der Waals surface area contributed by atoms with Crippen molar-refractivity contribution in [2.45, 2.75) is 37.8 Å². The number of piperidine rings is 1. The highest BCUT2D eigenvalue weighted by Crippen LogP contribution is 2.45. The van der Waals surface area contributed by atoms with Gasteiger partial charge in [-0.25, -0.2) is 4.39 Å². The first-order chi connectivity index (χ1) is 9.98. The van der Waals surface area contributed by atoms with Crippen LogP contribution in [0.15, 0.2) is 0 Å². The standard InChI is InChI=1S/C15H23FN2O3/c1-21-9-8-18-11-14(10-12(18)19)4-6-17(7-5-14)13(20)15(16)2-3-15/h2-11H2,1H3. The van der Waals surface area contributed by atoms with Gasteiger partial charge in [-0.2, -0.15) is 0 Å². The minimum Gasteiger partial charge on any atom is -0.383 e. The van der Waals surface area contributed by atoms with Crippen molar-refractivity contribution in [3.63, 3.8) is 0 Å². The van der Waals surface area contributed by atoms with Crippen LogP contribution >= 0.6 is 0 Å². The van der Waals surface area contributed by atoms with Gasteiger partial charge in [0.05, 0.1) is 6.61 Å². The maximum atomic E-state index is 13.8. The quantitative estimate of drug-likeness (QED) is 0.777. The minimum absolute atomic E-state index is 0.0192. The molecule has 0 aromatic carbocycles. The number of halogens is 1. The maximum Gasteiger partial charge on any atom is 0.260 e. The summed E-state index contributed by atoms with van der Waals surface area (Å²) >= 11 is 0. The zero-order chi connectivity index (χ0) is 15.1. The van der Waals surface area contributed by atoms with Gasteiger partial charge in [0, 0.05) is 45.1 Å². The number of rotatable bonds is 4. The molecule has 0 aromatic heterocycles. The number of carbonyl (C=O) groups excluding carboxylic acids is 2. The number of ether oxygens (including phenoxy) is 1. The molecule has 2 saturated heterocycles. The number of methoxy groups -OCH3 is 1. The first-order valence-electron chi connectivity index (χ1n) is 7.73. The number of alkyl halides is 1. The summed E-state index contributed by atoms with van der Waals surface area (Å²) in [5, 5.41) is 0. The number of likely N-dealkylation sites (tertiary alicyclic amines) is 2. The van der Waals surface area contributed by atoms with Crippen LogP contribution in [0.2, 0.25) is 0 Å². The molecule has 3 rings (SSSR count). The van der Waals surface area contributed by atoms with Crippen molar-refractivity contribution in [2.24, 2.45) is 5.41 Å². The fraction of sp³-hybridized carbons (Fsp3) is 0.867. The largest absolute Gasteiger partial charge is 0.383 e. The summed E-state index contributed by atoms with van der Waals surface area (Å²) in [6, 6.07) is 0. The molecule has 2 aliphatic heterocycles. The third-order valence-electron chi connectivity index (χ3n) is 5.15. The molecule has 1 aliphatic carbocycles. The lowest BCUT2D eigenvalue weighted by Gasteiger charge is -2.39. The minimum atomic E-state index is -1.57. The van der Waals surface area contributed by atoms with Crippen LogP contribution in [0.1, 0.15) is 32.1 Å². The Balaban J connectivity index is 1.55. The Morgan fingerprint density at radius 2 is 1.95 bits per heavy atom. The van der Waals surface area contributed by atoms with Gasteiger partial charge in [0.1, 0.15) is 0 Å². The Morgan fingerprint density at radius 1 is 1.29 bits per heavy atom. The molecule has 6 heteroatoms. The summed E-state index contributed by atoms with van der Waals surface area (Å²) in [4.78, 5) is 27.6. The topological polar surface area (TPSA) is 49.9 Å². The Bertz CT molecular complexity index is 442. The Kier molecular flexibility index (Phi) is 3.67. The third-order valence-corrected chi connectivity index (χ3v) is 5.15. The number of hydrogen-bond donors (Lipinski definition) is 0. The summed E-state index contributed by atoms with van der Waals surface area (Å²) < 4.78 is 18.9. The van der Waals surface area contributed by atoms with Crippen LogP contribution in [0, 0.1) is 5.41 Å². The van der Waals surface area contributed by atoms with E-state index in [9.17, 15) is 14.0 Å². The van der Waals surface area contributed by atoms with Gasteiger partial charge in [-0.3, -0.25) is 9.59 Å². The van der Waals surface area contributed by atoms with Crippen LogP contribution in [0.4, 0.5) is 4.39 Å². The van der Waals surface area contributed by atoms with Gasteiger partial charge in [-0.15, -0.1) is 0 Å². The van der Waals surface area contributed by atoms with E-state index in [1.807, 2.05) is 4.90 Å². The van der Waals surface area contributed by atoms with E-state index in [-0.39, 0.29) is 17.2 Å². The van der Waals surface area contributed by atoms with Crippen molar-refractivity contribution < 1.29 is 18.7 Å². The van der Waals surface area contributed by atoms with Gasteiger partial charge in [-0.05, 0) is 25.7 Å². The molecule has 0 N–H and O–H groups in total. The van der Waals surface area contributed by atoms with Crippen LogP contribution < -0.4 is 0 Å². The summed E-state index contributed by atoms with van der Waals surface area (Å²) in [6.07, 6.45) is 2.89. The first kappa shape index (κ1) is 14.8. The SMILES string of the molecule is COCCN1CC2(CCN(C(=O)C3(F)CC3)CC2)CC1=O. The molecule has 0 unspecified atom stereocenters. The zero-order valence-electron chi connectivity index (χ0n) is 12.6. The molecule has 3 aliphatic rings. The highest BCUT2D eigenvalue weighted by atomic mass is 19.1. The van der Waals surface area contributed by atoms with Gasteiger partial charge in [-0.1, -0.05) is 0 Å². The normalized spacial score (nSPS) is 26.5. The molecule has 0 bridgehead atoms. The fourth-order valence-electron chi connectivity index (χ4n) is 3.51. The molecule has 1 saturated carbocycles. The molecule has 5 nitrogen and oxygen atoms in total. The highest BCUT2D eigenvalue weighted by Gasteiger charge is 2.54. The number of hydrogen-bond acceptors (Lipinski definition) is 3. The number of amides is 2. The van der Waals surface area contributed by atoms with E-state index in [1.165, 1.54) is 0 Å². The average molecular weight is 298 g/mol. The summed E-state index contributed by atoms with van der Waals surface area (Å²) in [5.74, 6) is -0.158. The Labute approximate surface area is 124 Å². The van der Waals surface area contributed by atoms with E-state index < -0.39 is 5.67 Å². The average Bonchev–Trinajstić information content (AvgIpc) is 3.15. The lowest BCUT2D eigenvalue weighted by molar-refractivity contribution is -0.140. The van der Waals surface area contributed by atoms with Crippen LogP contribution in [0.5, 0.6) is 0 Å². The van der Waals surface area contributed by atoms with Crippen LogP contribution in [-0.2, 0) is 14.3 Å². The highest BCUT2D eigenvalue weighted by molar-refractivity contribution is 5.88. The van der Waals surface area contributed by atoms with Gasteiger partial charge in [0.15, 0.2) is 5.67 Å². The van der Waals surface area contributed by atoms with Crippen molar-refractivity contribution in [1.29, 1.82) is 0 Å². The summed E-state index contributed by atoms with van der Waals surface area (Å²) in [7, 11) is 1.63. The number of carbonyl (C=O) groups is 2. The second-order valence-electron chi connectivity index (χ2n) is 6.74. The molecule has 0 atom stereocenters. The molecule has 0 radical (unpaired) electrons. The van der Waals surface area contributed by atoms with Crippen LogP contribution in [0.3, 0.4) is 0 Å². The van der Waals surface area contributed by atoms with Crippen molar-refractivity contribution in [3.8, 4) is 0 Å². The van der Waals surface area contributed by atoms with E-state index in [4.69, 9.17) is 4.74 Å². The van der Waals surface area contributed by atoms with Crippen molar-refractivity contribution in [3.05, 3.63) is 0 Å². The van der Waals surface area contributed by atoms with Gasteiger partial charge in [0.25, 0.3) is 5.91 Å². The maximum absolute atomic E-state index is 13.8. The first-order valence-corrected chi connectivity index (χ1v) is 7.73. The van der Waals surface area contributed by atoms with Crippen LogP contribution in [-0.4, -0.2) is 67.2 Å². The second kappa shape index (κ2) is 5.23. The third kappa shape index (κ3) is 2.78. The Hall–Kier alpha value is -1.17. The molecular formula is C15H23FN2O3. The van der Waals surface area contributed by atoms with E-state index in [2.05, 4.69) is 0 Å². The summed E-state index contributed by atoms with van der Waals surface area (Å²) in [6.45, 7) is 3.09. The lowest BCUT2D eigenvalue weighted by Crippen LogP contribution is -2.47. The van der Waals surface area contributed by atoms with Crippen molar-refractivity contribution in [1.82, 2.24) is 9.80 Å². The van der Waals surface area contributed by atoms with E-state index in [1.54, 1.807) is 12.0 Å². The van der Waals surface area contributed by atoms with Gasteiger partial charge < -0.3 is 14.5 Å². The molecule has 1 spiro atoms. The van der Waals surface area contributed by atoms with Crippen molar-refractivity contribution in [2.75, 3.05) is 39.9 Å². The smallest absolute Gasteiger partial charge is 0.260 e. The van der Waals surface area contributed by atoms with Crippen LogP contribution in [0.25, 0.3) is 0 Å². The monoisotopic (exact) mass is 298 g/mol. The molecule has 118 valence electrons. The molecule has 3 fully saturated rings. The van der Waals surface area contributed by atoms with E-state index in [0.29, 0.717) is 45.5 Å². The summed E-state index contributed by atoms with van der Waals surface area (Å²) in [5.41, 5.74) is -1.59. The molecular weight excluding hydrogens is 275 g/mol. The predicted octanol–water partition coefficient (Wildman–Crippen LogP) is 0.976. The number of nitrogens with zero attached hydrogens (tertiary/aromatic N) is 2. The fourth-order valence-corrected chi connectivity index (χ4v) is 3.51. The lowest BCUT2D eigenvalue weighted by atomic mass is 9.77. The molecule has 2 heterocycles. The molecule has 0 aromatic rings. The van der Waals surface area contributed by atoms with E-state index in [0.717, 1.165) is 19.4 Å². The molecule has 2 amide bonds.